The van der Waals surface area contributed by atoms with Gasteiger partial charge in [0.15, 0.2) is 0 Å². The topological polar surface area (TPSA) is 40.5 Å². The van der Waals surface area contributed by atoms with E-state index in [2.05, 4.69) is 4.90 Å². The Morgan fingerprint density at radius 2 is 1.88 bits per heavy atom. The molecule has 1 aliphatic heterocycles. The minimum atomic E-state index is -0.624. The van der Waals surface area contributed by atoms with E-state index in [1.807, 2.05) is 0 Å². The number of hydrogen-bond donors (Lipinski definition) is 1. The van der Waals surface area contributed by atoms with Gasteiger partial charge < -0.3 is 5.11 Å². The normalized spacial score (nSPS) is 28.4. The Kier molecular flexibility index (Phi) is 4.22. The highest BCUT2D eigenvalue weighted by Crippen LogP contribution is 2.27. The van der Waals surface area contributed by atoms with Crippen LogP contribution in [-0.2, 0) is 4.79 Å². The molecule has 2 rings (SSSR count). The molecule has 1 saturated carbocycles. The largest absolute Gasteiger partial charge is 0.480 e. The third-order valence-corrected chi connectivity index (χ3v) is 4.20. The van der Waals surface area contributed by atoms with E-state index in [1.54, 1.807) is 0 Å². The van der Waals surface area contributed by atoms with E-state index in [4.69, 9.17) is 5.11 Å². The maximum atomic E-state index is 11.0. The van der Waals surface area contributed by atoms with Gasteiger partial charge >= 0.3 is 5.97 Å². The molecule has 1 atom stereocenters. The summed E-state index contributed by atoms with van der Waals surface area (Å²) < 4.78 is 0. The van der Waals surface area contributed by atoms with Gasteiger partial charge in [-0.1, -0.05) is 32.1 Å². The fourth-order valence-corrected chi connectivity index (χ4v) is 3.20. The summed E-state index contributed by atoms with van der Waals surface area (Å²) in [6.45, 7) is 1.99. The van der Waals surface area contributed by atoms with Gasteiger partial charge in [0.25, 0.3) is 0 Å². The second-order valence-electron chi connectivity index (χ2n) is 5.32. The maximum Gasteiger partial charge on any atom is 0.320 e. The second-order valence-corrected chi connectivity index (χ2v) is 5.32. The monoisotopic (exact) mass is 225 g/mol. The van der Waals surface area contributed by atoms with E-state index in [1.165, 1.54) is 38.5 Å². The molecule has 1 heterocycles. The molecule has 92 valence electrons. The van der Waals surface area contributed by atoms with Crippen molar-refractivity contribution in [2.45, 2.75) is 57.4 Å². The Morgan fingerprint density at radius 1 is 1.12 bits per heavy atom. The zero-order valence-corrected chi connectivity index (χ0v) is 10.0. The third-order valence-electron chi connectivity index (χ3n) is 4.20. The molecule has 0 aromatic heterocycles. The van der Waals surface area contributed by atoms with Crippen LogP contribution in [0.15, 0.2) is 0 Å². The van der Waals surface area contributed by atoms with Gasteiger partial charge in [0.2, 0.25) is 0 Å². The van der Waals surface area contributed by atoms with E-state index in [-0.39, 0.29) is 6.04 Å². The predicted molar refractivity (Wildman–Crippen MR) is 63.4 cm³/mol. The summed E-state index contributed by atoms with van der Waals surface area (Å²) in [7, 11) is 0. The van der Waals surface area contributed by atoms with Crippen molar-refractivity contribution in [1.29, 1.82) is 0 Å². The summed E-state index contributed by atoms with van der Waals surface area (Å²) in [6.07, 6.45) is 10.0. The first-order chi connectivity index (χ1) is 7.77. The summed E-state index contributed by atoms with van der Waals surface area (Å²) in [4.78, 5) is 13.2. The fourth-order valence-electron chi connectivity index (χ4n) is 3.20. The van der Waals surface area contributed by atoms with E-state index in [0.717, 1.165) is 31.8 Å². The Hall–Kier alpha value is -0.570. The molecule has 0 unspecified atom stereocenters. The van der Waals surface area contributed by atoms with Crippen LogP contribution >= 0.6 is 0 Å². The van der Waals surface area contributed by atoms with Crippen molar-refractivity contribution in [2.75, 3.05) is 13.1 Å². The van der Waals surface area contributed by atoms with Crippen LogP contribution < -0.4 is 0 Å². The quantitative estimate of drug-likeness (QED) is 0.799. The lowest BCUT2D eigenvalue weighted by Gasteiger charge is -2.26. The minimum Gasteiger partial charge on any atom is -0.480 e. The van der Waals surface area contributed by atoms with E-state index >= 15 is 0 Å². The Morgan fingerprint density at radius 3 is 2.56 bits per heavy atom. The lowest BCUT2D eigenvalue weighted by molar-refractivity contribution is -0.142. The molecule has 1 N–H and O–H groups in total. The van der Waals surface area contributed by atoms with Crippen LogP contribution in [0.4, 0.5) is 0 Å². The first-order valence-electron chi connectivity index (χ1n) is 6.74. The van der Waals surface area contributed by atoms with Crippen LogP contribution in [0.1, 0.15) is 51.4 Å². The van der Waals surface area contributed by atoms with Crippen LogP contribution in [0.25, 0.3) is 0 Å². The highest BCUT2D eigenvalue weighted by Gasteiger charge is 2.30. The molecule has 0 aromatic carbocycles. The van der Waals surface area contributed by atoms with Crippen molar-refractivity contribution in [3.8, 4) is 0 Å². The molecule has 3 heteroatoms. The number of nitrogens with zero attached hydrogens (tertiary/aromatic N) is 1. The SMILES string of the molecule is O=C(O)[C@@H]1CCCN1CCC1CCCCC1. The van der Waals surface area contributed by atoms with Crippen LogP contribution in [0.2, 0.25) is 0 Å². The number of aliphatic carboxylic acids is 1. The molecule has 0 spiro atoms. The summed E-state index contributed by atoms with van der Waals surface area (Å²) in [5, 5.41) is 9.08. The molecular weight excluding hydrogens is 202 g/mol. The van der Waals surface area contributed by atoms with Crippen molar-refractivity contribution >= 4 is 5.97 Å². The summed E-state index contributed by atoms with van der Waals surface area (Å²) >= 11 is 0. The average Bonchev–Trinajstić information content (AvgIpc) is 2.76. The van der Waals surface area contributed by atoms with Gasteiger partial charge in [-0.25, -0.2) is 0 Å². The van der Waals surface area contributed by atoms with Gasteiger partial charge in [-0.3, -0.25) is 9.69 Å². The van der Waals surface area contributed by atoms with Gasteiger partial charge in [-0.05, 0) is 38.3 Å². The van der Waals surface area contributed by atoms with E-state index < -0.39 is 5.97 Å². The number of rotatable bonds is 4. The van der Waals surface area contributed by atoms with Gasteiger partial charge in [0.05, 0.1) is 0 Å². The highest BCUT2D eigenvalue weighted by molar-refractivity contribution is 5.73. The molecular formula is C13H23NO2. The Balaban J connectivity index is 1.73. The lowest BCUT2D eigenvalue weighted by atomic mass is 9.87. The molecule has 0 radical (unpaired) electrons. The predicted octanol–water partition coefficient (Wildman–Crippen LogP) is 2.51. The van der Waals surface area contributed by atoms with Gasteiger partial charge in [-0.2, -0.15) is 0 Å². The molecule has 16 heavy (non-hydrogen) atoms. The van der Waals surface area contributed by atoms with E-state index in [9.17, 15) is 4.79 Å². The molecule has 1 aliphatic carbocycles. The summed E-state index contributed by atoms with van der Waals surface area (Å²) in [5.41, 5.74) is 0. The van der Waals surface area contributed by atoms with Gasteiger partial charge in [0, 0.05) is 0 Å². The standard InChI is InChI=1S/C13H23NO2/c15-13(16)12-7-4-9-14(12)10-8-11-5-2-1-3-6-11/h11-12H,1-10H2,(H,15,16)/t12-/m0/s1. The van der Waals surface area contributed by atoms with Crippen molar-refractivity contribution in [1.82, 2.24) is 4.90 Å². The fraction of sp³-hybridized carbons (Fsp3) is 0.923. The number of carbonyl (C=O) groups is 1. The van der Waals surface area contributed by atoms with Crippen molar-refractivity contribution in [2.24, 2.45) is 5.92 Å². The number of likely N-dealkylation sites (tertiary alicyclic amines) is 1. The lowest BCUT2D eigenvalue weighted by Crippen LogP contribution is -2.37. The van der Waals surface area contributed by atoms with Crippen LogP contribution in [-0.4, -0.2) is 35.1 Å². The van der Waals surface area contributed by atoms with Crippen LogP contribution in [0, 0.1) is 5.92 Å². The Labute approximate surface area is 97.8 Å². The Bertz CT molecular complexity index is 236. The van der Waals surface area contributed by atoms with Crippen molar-refractivity contribution in [3.05, 3.63) is 0 Å². The van der Waals surface area contributed by atoms with Crippen molar-refractivity contribution in [3.63, 3.8) is 0 Å². The summed E-state index contributed by atoms with van der Waals surface area (Å²) in [5.74, 6) is 0.241. The molecule has 3 nitrogen and oxygen atoms in total. The molecule has 0 amide bonds. The number of hydrogen-bond acceptors (Lipinski definition) is 2. The van der Waals surface area contributed by atoms with E-state index in [0.29, 0.717) is 0 Å². The molecule has 2 aliphatic rings. The van der Waals surface area contributed by atoms with Gasteiger partial charge in [0.1, 0.15) is 6.04 Å². The van der Waals surface area contributed by atoms with Crippen LogP contribution in [0.5, 0.6) is 0 Å². The minimum absolute atomic E-state index is 0.191. The average molecular weight is 225 g/mol. The molecule has 0 bridgehead atoms. The number of carboxylic acid groups (broad SMARTS) is 1. The summed E-state index contributed by atoms with van der Waals surface area (Å²) in [6, 6.07) is -0.191. The zero-order valence-electron chi connectivity index (χ0n) is 10.0. The zero-order chi connectivity index (χ0) is 11.4. The smallest absolute Gasteiger partial charge is 0.320 e. The highest BCUT2D eigenvalue weighted by atomic mass is 16.4. The van der Waals surface area contributed by atoms with Crippen molar-refractivity contribution < 1.29 is 9.90 Å². The maximum absolute atomic E-state index is 11.0. The second kappa shape index (κ2) is 5.67. The third kappa shape index (κ3) is 2.97. The first-order valence-corrected chi connectivity index (χ1v) is 6.74. The molecule has 1 saturated heterocycles. The first kappa shape index (κ1) is 11.9. The molecule has 0 aromatic rings. The van der Waals surface area contributed by atoms with Gasteiger partial charge in [-0.15, -0.1) is 0 Å². The molecule has 2 fully saturated rings. The van der Waals surface area contributed by atoms with Crippen LogP contribution in [0.3, 0.4) is 0 Å². The number of carboxylic acids is 1.